The fourth-order valence-corrected chi connectivity index (χ4v) is 1.32. The molecule has 0 saturated carbocycles. The summed E-state index contributed by atoms with van der Waals surface area (Å²) in [7, 11) is 1.29. The van der Waals surface area contributed by atoms with E-state index in [-0.39, 0.29) is 24.3 Å². The van der Waals surface area contributed by atoms with Gasteiger partial charge in [-0.2, -0.15) is 0 Å². The van der Waals surface area contributed by atoms with Gasteiger partial charge in [-0.25, -0.2) is 0 Å². The number of rotatable bonds is 2. The number of methoxy groups -OCH3 is 1. The van der Waals surface area contributed by atoms with Crippen molar-refractivity contribution < 1.29 is 14.3 Å². The lowest BCUT2D eigenvalue weighted by Gasteiger charge is -2.12. The Labute approximate surface area is 86.4 Å². The molecule has 0 unspecified atom stereocenters. The predicted molar refractivity (Wildman–Crippen MR) is 51.4 cm³/mol. The van der Waals surface area contributed by atoms with Crippen molar-refractivity contribution in [3.8, 4) is 0 Å². The maximum Gasteiger partial charge on any atom is 0.310 e. The molecule has 4 nitrogen and oxygen atoms in total. The van der Waals surface area contributed by atoms with Gasteiger partial charge in [0.05, 0.1) is 19.2 Å². The largest absolute Gasteiger partial charge is 0.469 e. The molecular weight excluding hydrogens is 206 g/mol. The van der Waals surface area contributed by atoms with Gasteiger partial charge in [-0.3, -0.25) is 9.59 Å². The van der Waals surface area contributed by atoms with Crippen molar-refractivity contribution in [2.45, 2.75) is 12.8 Å². The standard InChI is InChI=1S/C9H10ClNO3/c1-14-9(13)3-5-2-7(11)8(12)4-6(5)10/h2H,3-4,11H2,1H3. The lowest BCUT2D eigenvalue weighted by Crippen LogP contribution is -2.16. The Morgan fingerprint density at radius 3 is 2.93 bits per heavy atom. The number of carbonyl (C=O) groups is 2. The number of allylic oxidation sites excluding steroid dienone is 3. The van der Waals surface area contributed by atoms with E-state index in [9.17, 15) is 9.59 Å². The van der Waals surface area contributed by atoms with Crippen molar-refractivity contribution in [1.29, 1.82) is 0 Å². The fourth-order valence-electron chi connectivity index (χ4n) is 1.08. The number of ether oxygens (including phenoxy) is 1. The number of hydrogen-bond acceptors (Lipinski definition) is 4. The molecule has 2 N–H and O–H groups in total. The third-order valence-corrected chi connectivity index (χ3v) is 2.25. The molecule has 0 radical (unpaired) electrons. The van der Waals surface area contributed by atoms with E-state index in [1.54, 1.807) is 0 Å². The van der Waals surface area contributed by atoms with E-state index < -0.39 is 5.97 Å². The van der Waals surface area contributed by atoms with Crippen LogP contribution in [0, 0.1) is 0 Å². The van der Waals surface area contributed by atoms with E-state index in [1.165, 1.54) is 13.2 Å². The molecule has 0 aromatic heterocycles. The normalized spacial score (nSPS) is 16.7. The predicted octanol–water partition coefficient (Wildman–Crippen LogP) is 0.858. The Morgan fingerprint density at radius 2 is 2.36 bits per heavy atom. The van der Waals surface area contributed by atoms with Gasteiger partial charge in [0, 0.05) is 11.5 Å². The third-order valence-electron chi connectivity index (χ3n) is 1.88. The van der Waals surface area contributed by atoms with E-state index in [0.29, 0.717) is 10.6 Å². The number of esters is 1. The molecule has 0 aliphatic heterocycles. The second-order valence-corrected chi connectivity index (χ2v) is 3.34. The van der Waals surface area contributed by atoms with Gasteiger partial charge in [0.25, 0.3) is 0 Å². The molecule has 0 amide bonds. The van der Waals surface area contributed by atoms with Crippen LogP contribution in [0.15, 0.2) is 22.4 Å². The molecule has 76 valence electrons. The maximum absolute atomic E-state index is 11.1. The summed E-state index contributed by atoms with van der Waals surface area (Å²) in [6.45, 7) is 0. The van der Waals surface area contributed by atoms with Gasteiger partial charge in [0.15, 0.2) is 5.78 Å². The molecule has 1 aliphatic carbocycles. The Morgan fingerprint density at radius 1 is 1.71 bits per heavy atom. The van der Waals surface area contributed by atoms with Crippen LogP contribution in [0.4, 0.5) is 0 Å². The molecule has 5 heteroatoms. The summed E-state index contributed by atoms with van der Waals surface area (Å²) < 4.78 is 4.48. The van der Waals surface area contributed by atoms with Crippen LogP contribution < -0.4 is 5.73 Å². The monoisotopic (exact) mass is 215 g/mol. The molecule has 0 fully saturated rings. The number of nitrogens with two attached hydrogens (primary N) is 1. The summed E-state index contributed by atoms with van der Waals surface area (Å²) in [5.74, 6) is -0.625. The van der Waals surface area contributed by atoms with Gasteiger partial charge >= 0.3 is 5.97 Å². The summed E-state index contributed by atoms with van der Waals surface area (Å²) in [5, 5.41) is 0.356. The first-order valence-electron chi connectivity index (χ1n) is 3.99. The molecule has 14 heavy (non-hydrogen) atoms. The van der Waals surface area contributed by atoms with Crippen molar-refractivity contribution in [3.63, 3.8) is 0 Å². The van der Waals surface area contributed by atoms with Crippen LogP contribution in [0.2, 0.25) is 0 Å². The lowest BCUT2D eigenvalue weighted by molar-refractivity contribution is -0.139. The average Bonchev–Trinajstić information content (AvgIpc) is 2.14. The molecule has 1 aliphatic rings. The van der Waals surface area contributed by atoms with Gasteiger partial charge in [-0.1, -0.05) is 11.6 Å². The quantitative estimate of drug-likeness (QED) is 0.694. The third kappa shape index (κ3) is 2.35. The number of Topliss-reactive ketones (excluding diaryl/α,β-unsaturated/α-hetero) is 1. The highest BCUT2D eigenvalue weighted by Crippen LogP contribution is 2.24. The smallest absolute Gasteiger partial charge is 0.310 e. The van der Waals surface area contributed by atoms with Crippen LogP contribution in [0.25, 0.3) is 0 Å². The first-order chi connectivity index (χ1) is 6.54. The maximum atomic E-state index is 11.1. The highest BCUT2D eigenvalue weighted by molar-refractivity contribution is 6.32. The fraction of sp³-hybridized carbons (Fsp3) is 0.333. The Bertz CT molecular complexity index is 344. The van der Waals surface area contributed by atoms with E-state index >= 15 is 0 Å². The summed E-state index contributed by atoms with van der Waals surface area (Å²) >= 11 is 5.79. The minimum Gasteiger partial charge on any atom is -0.469 e. The topological polar surface area (TPSA) is 69.4 Å². The highest BCUT2D eigenvalue weighted by Gasteiger charge is 2.19. The molecule has 0 heterocycles. The first-order valence-corrected chi connectivity index (χ1v) is 4.37. The zero-order valence-electron chi connectivity index (χ0n) is 7.67. The first kappa shape index (κ1) is 10.8. The van der Waals surface area contributed by atoms with Crippen LogP contribution in [0.1, 0.15) is 12.8 Å². The van der Waals surface area contributed by atoms with Gasteiger partial charge in [-0.15, -0.1) is 0 Å². The zero-order chi connectivity index (χ0) is 10.7. The molecule has 0 saturated heterocycles. The highest BCUT2D eigenvalue weighted by atomic mass is 35.5. The second kappa shape index (κ2) is 4.28. The number of halogens is 1. The van der Waals surface area contributed by atoms with E-state index in [2.05, 4.69) is 4.74 Å². The van der Waals surface area contributed by atoms with Crippen molar-refractivity contribution in [2.75, 3.05) is 7.11 Å². The van der Waals surface area contributed by atoms with Crippen molar-refractivity contribution in [2.24, 2.45) is 5.73 Å². The molecule has 1 rings (SSSR count). The zero-order valence-corrected chi connectivity index (χ0v) is 8.43. The molecular formula is C9H10ClNO3. The van der Waals surface area contributed by atoms with Crippen LogP contribution >= 0.6 is 11.6 Å². The molecule has 0 aromatic rings. The number of ketones is 1. The Balaban J connectivity index is 2.83. The Kier molecular flexibility index (Phi) is 3.30. The number of carbonyl (C=O) groups excluding carboxylic acids is 2. The van der Waals surface area contributed by atoms with Crippen molar-refractivity contribution >= 4 is 23.4 Å². The average molecular weight is 216 g/mol. The van der Waals surface area contributed by atoms with Crippen LogP contribution in [-0.2, 0) is 14.3 Å². The van der Waals surface area contributed by atoms with Crippen molar-refractivity contribution in [1.82, 2.24) is 0 Å². The van der Waals surface area contributed by atoms with Gasteiger partial charge in [0.2, 0.25) is 0 Å². The molecule has 0 spiro atoms. The lowest BCUT2D eigenvalue weighted by atomic mass is 10.0. The SMILES string of the molecule is COC(=O)CC1=C(Cl)CC(=O)C(N)=C1. The summed E-state index contributed by atoms with van der Waals surface area (Å²) in [6, 6.07) is 0. The summed E-state index contributed by atoms with van der Waals surface area (Å²) in [5.41, 5.74) is 6.10. The van der Waals surface area contributed by atoms with E-state index in [4.69, 9.17) is 17.3 Å². The minimum absolute atomic E-state index is 0.0450. The van der Waals surface area contributed by atoms with Gasteiger partial charge in [-0.05, 0) is 11.6 Å². The van der Waals surface area contributed by atoms with Crippen molar-refractivity contribution in [3.05, 3.63) is 22.4 Å². The van der Waals surface area contributed by atoms with Crippen LogP contribution in [-0.4, -0.2) is 18.9 Å². The minimum atomic E-state index is -0.406. The molecule has 0 atom stereocenters. The van der Waals surface area contributed by atoms with E-state index in [0.717, 1.165) is 0 Å². The van der Waals surface area contributed by atoms with Crippen LogP contribution in [0.5, 0.6) is 0 Å². The number of hydrogen-bond donors (Lipinski definition) is 1. The van der Waals surface area contributed by atoms with Gasteiger partial charge < -0.3 is 10.5 Å². The molecule has 0 aromatic carbocycles. The Hall–Kier alpha value is -1.29. The van der Waals surface area contributed by atoms with Gasteiger partial charge in [0.1, 0.15) is 0 Å². The summed E-state index contributed by atoms with van der Waals surface area (Å²) in [4.78, 5) is 22.0. The second-order valence-electron chi connectivity index (χ2n) is 2.88. The molecule has 0 bridgehead atoms. The summed E-state index contributed by atoms with van der Waals surface area (Å²) in [6.07, 6.45) is 1.53. The van der Waals surface area contributed by atoms with E-state index in [1.807, 2.05) is 0 Å². The van der Waals surface area contributed by atoms with Crippen LogP contribution in [0.3, 0.4) is 0 Å².